The van der Waals surface area contributed by atoms with Gasteiger partial charge in [-0.3, -0.25) is 0 Å². The number of hydrogen-bond donors (Lipinski definition) is 2. The number of anilines is 2. The molecule has 0 spiro atoms. The molecule has 1 aliphatic carbocycles. The second-order valence-electron chi connectivity index (χ2n) is 5.91. The van der Waals surface area contributed by atoms with E-state index in [0.29, 0.717) is 30.8 Å². The van der Waals surface area contributed by atoms with Crippen molar-refractivity contribution in [3.63, 3.8) is 0 Å². The van der Waals surface area contributed by atoms with Crippen LogP contribution in [0.4, 0.5) is 15.8 Å². The highest BCUT2D eigenvalue weighted by atomic mass is 19.1. The lowest BCUT2D eigenvalue weighted by Gasteiger charge is -2.29. The van der Waals surface area contributed by atoms with Gasteiger partial charge in [-0.15, -0.1) is 0 Å². The van der Waals surface area contributed by atoms with E-state index in [9.17, 15) is 4.39 Å². The van der Waals surface area contributed by atoms with Crippen LogP contribution in [-0.2, 0) is 6.42 Å². The van der Waals surface area contributed by atoms with Crippen LogP contribution >= 0.6 is 0 Å². The van der Waals surface area contributed by atoms with E-state index >= 15 is 0 Å². The summed E-state index contributed by atoms with van der Waals surface area (Å²) >= 11 is 0. The minimum Gasteiger partial charge on any atom is -0.399 e. The average molecular weight is 293 g/mol. The zero-order valence-electron chi connectivity index (χ0n) is 12.1. The number of halogens is 1. The van der Waals surface area contributed by atoms with Gasteiger partial charge in [-0.25, -0.2) is 4.39 Å². The van der Waals surface area contributed by atoms with E-state index in [1.54, 1.807) is 12.1 Å². The van der Waals surface area contributed by atoms with Crippen LogP contribution in [0.15, 0.2) is 36.4 Å². The summed E-state index contributed by atoms with van der Waals surface area (Å²) in [6.07, 6.45) is 3.36. The Labute approximate surface area is 127 Å². The molecular weight excluding hydrogens is 277 g/mol. The Morgan fingerprint density at radius 2 is 2.00 bits per heavy atom. The molecule has 1 aliphatic heterocycles. The van der Waals surface area contributed by atoms with Gasteiger partial charge in [0.05, 0.1) is 5.69 Å². The van der Waals surface area contributed by atoms with Crippen molar-refractivity contribution < 1.29 is 4.39 Å². The lowest BCUT2D eigenvalue weighted by molar-refractivity contribution is 0.627. The molecule has 4 rings (SSSR count). The minimum absolute atomic E-state index is 0.281. The highest BCUT2D eigenvalue weighted by Gasteiger charge is 2.21. The van der Waals surface area contributed by atoms with E-state index in [-0.39, 0.29) is 5.82 Å². The first-order valence-electron chi connectivity index (χ1n) is 7.31. The van der Waals surface area contributed by atoms with Crippen LogP contribution in [0.3, 0.4) is 0 Å². The third-order valence-corrected chi connectivity index (χ3v) is 4.30. The van der Waals surface area contributed by atoms with Crippen molar-refractivity contribution in [2.24, 2.45) is 0 Å². The number of nitrogens with zero attached hydrogens (tertiary/aromatic N) is 1. The van der Waals surface area contributed by atoms with E-state index in [1.807, 2.05) is 23.2 Å². The molecule has 2 aromatic carbocycles. The molecule has 2 aliphatic rings. The number of hydrogen-bond acceptors (Lipinski definition) is 3. The topological polar surface area (TPSA) is 53.1 Å². The van der Waals surface area contributed by atoms with E-state index in [4.69, 9.17) is 11.1 Å². The van der Waals surface area contributed by atoms with Crippen LogP contribution in [0.1, 0.15) is 12.0 Å². The first-order valence-corrected chi connectivity index (χ1v) is 7.31. The van der Waals surface area contributed by atoms with Gasteiger partial charge in [-0.2, -0.15) is 0 Å². The fraction of sp³-hybridized carbons (Fsp3) is 0.167. The van der Waals surface area contributed by atoms with Crippen LogP contribution < -0.4 is 21.1 Å². The highest BCUT2D eigenvalue weighted by molar-refractivity contribution is 5.94. The zero-order chi connectivity index (χ0) is 15.3. The number of nitrogens with two attached hydrogens (primary N) is 1. The molecule has 0 unspecified atom stereocenters. The molecule has 110 valence electrons. The Morgan fingerprint density at radius 1 is 1.14 bits per heavy atom. The van der Waals surface area contributed by atoms with Crippen LogP contribution in [0.5, 0.6) is 0 Å². The van der Waals surface area contributed by atoms with Crippen molar-refractivity contribution in [3.05, 3.63) is 58.2 Å². The minimum atomic E-state index is -0.281. The maximum atomic E-state index is 14.2. The molecule has 22 heavy (non-hydrogen) atoms. The summed E-state index contributed by atoms with van der Waals surface area (Å²) in [5.41, 5.74) is 9.94. The smallest absolute Gasteiger partial charge is 0.146 e. The Bertz CT molecular complexity index is 914. The third-order valence-electron chi connectivity index (χ3n) is 4.30. The van der Waals surface area contributed by atoms with Gasteiger partial charge in [0.15, 0.2) is 0 Å². The van der Waals surface area contributed by atoms with Gasteiger partial charge in [-0.1, -0.05) is 18.2 Å². The van der Waals surface area contributed by atoms with Crippen molar-refractivity contribution in [2.45, 2.75) is 12.8 Å². The van der Waals surface area contributed by atoms with Gasteiger partial charge in [0, 0.05) is 37.0 Å². The van der Waals surface area contributed by atoms with Crippen molar-refractivity contribution >= 4 is 28.9 Å². The predicted molar refractivity (Wildman–Crippen MR) is 87.8 cm³/mol. The molecule has 3 N–H and O–H groups in total. The van der Waals surface area contributed by atoms with Crippen molar-refractivity contribution in [2.75, 3.05) is 17.2 Å². The summed E-state index contributed by atoms with van der Waals surface area (Å²) in [5, 5.41) is 10.4. The van der Waals surface area contributed by atoms with E-state index < -0.39 is 0 Å². The summed E-state index contributed by atoms with van der Waals surface area (Å²) in [5.74, 6) is -0.281. The summed E-state index contributed by atoms with van der Waals surface area (Å²) in [7, 11) is 0. The third kappa shape index (κ3) is 1.99. The summed E-state index contributed by atoms with van der Waals surface area (Å²) in [4.78, 5) is 1.89. The van der Waals surface area contributed by atoms with Gasteiger partial charge < -0.3 is 16.0 Å². The van der Waals surface area contributed by atoms with Gasteiger partial charge in [0.2, 0.25) is 0 Å². The summed E-state index contributed by atoms with van der Waals surface area (Å²) in [6, 6.07) is 10.8. The summed E-state index contributed by atoms with van der Waals surface area (Å²) in [6.45, 7) is 0.604. The van der Waals surface area contributed by atoms with Gasteiger partial charge >= 0.3 is 0 Å². The van der Waals surface area contributed by atoms with E-state index in [2.05, 4.69) is 6.07 Å². The Morgan fingerprint density at radius 3 is 2.86 bits per heavy atom. The SMILES string of the molecule is N=C1CC2=c3c(cccc3=CN(c3cc(N)ccc3F)C2)C1. The molecule has 2 aromatic rings. The molecule has 0 aromatic heterocycles. The summed E-state index contributed by atoms with van der Waals surface area (Å²) < 4.78 is 14.2. The number of nitrogens with one attached hydrogen (secondary N) is 1. The van der Waals surface area contributed by atoms with E-state index in [1.165, 1.54) is 22.4 Å². The Balaban J connectivity index is 1.92. The molecule has 0 saturated carbocycles. The fourth-order valence-corrected chi connectivity index (χ4v) is 3.40. The maximum absolute atomic E-state index is 14.2. The molecule has 0 bridgehead atoms. The Hall–Kier alpha value is -2.62. The van der Waals surface area contributed by atoms with Crippen LogP contribution in [-0.4, -0.2) is 12.3 Å². The Kier molecular flexibility index (Phi) is 2.79. The van der Waals surface area contributed by atoms with Crippen molar-refractivity contribution in [3.8, 4) is 0 Å². The normalized spacial score (nSPS) is 16.3. The largest absolute Gasteiger partial charge is 0.399 e. The molecule has 0 saturated heterocycles. The van der Waals surface area contributed by atoms with Gasteiger partial charge in [0.25, 0.3) is 0 Å². The highest BCUT2D eigenvalue weighted by Crippen LogP contribution is 2.26. The van der Waals surface area contributed by atoms with Gasteiger partial charge in [-0.05, 0) is 39.8 Å². The molecular formula is C18H16FN3. The van der Waals surface area contributed by atoms with Crippen molar-refractivity contribution in [1.29, 1.82) is 5.41 Å². The lowest BCUT2D eigenvalue weighted by atomic mass is 9.89. The first kappa shape index (κ1) is 13.1. The molecule has 0 amide bonds. The molecule has 1 heterocycles. The van der Waals surface area contributed by atoms with Crippen LogP contribution in [0.25, 0.3) is 11.8 Å². The molecule has 3 nitrogen and oxygen atoms in total. The molecule has 0 atom stereocenters. The number of rotatable bonds is 1. The second-order valence-corrected chi connectivity index (χ2v) is 5.91. The quantitative estimate of drug-likeness (QED) is 0.788. The average Bonchev–Trinajstić information content (AvgIpc) is 2.49. The zero-order valence-corrected chi connectivity index (χ0v) is 12.1. The van der Waals surface area contributed by atoms with Gasteiger partial charge in [0.1, 0.15) is 5.82 Å². The standard InChI is InChI=1S/C18H16FN3/c19-16-5-4-14(20)8-17(16)22-9-12-3-1-2-11-6-15(21)7-13(10-22)18(11)12/h1-5,8-9,21H,6-7,10,20H2. The van der Waals surface area contributed by atoms with Crippen LogP contribution in [0.2, 0.25) is 0 Å². The number of nitrogen functional groups attached to an aromatic ring is 1. The van der Waals surface area contributed by atoms with Crippen molar-refractivity contribution in [1.82, 2.24) is 0 Å². The molecule has 4 heteroatoms. The monoisotopic (exact) mass is 293 g/mol. The predicted octanol–water partition coefficient (Wildman–Crippen LogP) is 1.78. The first-order chi connectivity index (χ1) is 10.6. The second kappa shape index (κ2) is 4.70. The molecule has 0 fully saturated rings. The van der Waals surface area contributed by atoms with Crippen LogP contribution in [0, 0.1) is 11.2 Å². The lowest BCUT2D eigenvalue weighted by Crippen LogP contribution is -2.44. The number of benzene rings is 2. The molecule has 0 radical (unpaired) electrons. The maximum Gasteiger partial charge on any atom is 0.146 e. The van der Waals surface area contributed by atoms with E-state index in [0.717, 1.165) is 10.9 Å². The fourth-order valence-electron chi connectivity index (χ4n) is 3.40.